The Hall–Kier alpha value is -4.26. The molecule has 0 saturated carbocycles. The van der Waals surface area contributed by atoms with Crippen LogP contribution in [0.4, 0.5) is 11.4 Å². The highest BCUT2D eigenvalue weighted by Crippen LogP contribution is 2.41. The van der Waals surface area contributed by atoms with Crippen LogP contribution in [0.1, 0.15) is 24.2 Å². The maximum Gasteiger partial charge on any atom is 0.304 e. The van der Waals surface area contributed by atoms with Crippen LogP contribution in [0.2, 0.25) is 0 Å². The van der Waals surface area contributed by atoms with Crippen LogP contribution >= 0.6 is 0 Å². The summed E-state index contributed by atoms with van der Waals surface area (Å²) in [5.41, 5.74) is 2.73. The average molecular weight is 417 g/mol. The molecule has 0 spiro atoms. The number of Topliss-reactive ketones (excluding diaryl/α,β-unsaturated/α-hetero) is 3. The molecule has 1 aliphatic heterocycles. The van der Waals surface area contributed by atoms with Gasteiger partial charge in [0.25, 0.3) is 5.78 Å². The van der Waals surface area contributed by atoms with Crippen molar-refractivity contribution < 1.29 is 29.4 Å². The van der Waals surface area contributed by atoms with E-state index in [1.165, 1.54) is 43.0 Å². The number of carbonyl (C=O) groups excluding carboxylic acids is 4. The first-order valence-corrected chi connectivity index (χ1v) is 9.32. The topological polar surface area (TPSA) is 112 Å². The Bertz CT molecular complexity index is 1170. The molecule has 1 aliphatic rings. The second-order valence-electron chi connectivity index (χ2n) is 6.85. The lowest BCUT2D eigenvalue weighted by Gasteiger charge is -2.17. The molecule has 7 nitrogen and oxygen atoms in total. The van der Waals surface area contributed by atoms with Crippen molar-refractivity contribution in [2.24, 2.45) is 0 Å². The lowest BCUT2D eigenvalue weighted by Crippen LogP contribution is -2.24. The molecule has 7 heteroatoms. The fourth-order valence-corrected chi connectivity index (χ4v) is 3.02. The van der Waals surface area contributed by atoms with Gasteiger partial charge in [-0.3, -0.25) is 24.1 Å². The average Bonchev–Trinajstić information content (AvgIpc) is 3.00. The molecule has 0 atom stereocenters. The number of amides is 1. The SMILES string of the molecule is CC(=O)C(C)=O.O=C1C(=O)N(c2ccc(O)cc2)c2cccc(-c3ccc(O)cc3)c21. The quantitative estimate of drug-likeness (QED) is 0.627. The Morgan fingerprint density at radius 3 is 1.77 bits per heavy atom. The number of anilines is 2. The molecule has 0 bridgehead atoms. The minimum atomic E-state index is -0.632. The van der Waals surface area contributed by atoms with Gasteiger partial charge in [-0.2, -0.15) is 0 Å². The predicted molar refractivity (Wildman–Crippen MR) is 114 cm³/mol. The molecule has 0 fully saturated rings. The van der Waals surface area contributed by atoms with Crippen LogP contribution in [-0.2, 0) is 14.4 Å². The second-order valence-corrected chi connectivity index (χ2v) is 6.85. The van der Waals surface area contributed by atoms with Crippen LogP contribution < -0.4 is 4.90 Å². The van der Waals surface area contributed by atoms with Crippen LogP contribution in [0.3, 0.4) is 0 Å². The van der Waals surface area contributed by atoms with Crippen LogP contribution in [0.25, 0.3) is 11.1 Å². The Balaban J connectivity index is 0.000000401. The molecule has 0 saturated heterocycles. The summed E-state index contributed by atoms with van der Waals surface area (Å²) >= 11 is 0. The van der Waals surface area contributed by atoms with Gasteiger partial charge in [-0.15, -0.1) is 0 Å². The summed E-state index contributed by atoms with van der Waals surface area (Å²) in [7, 11) is 0. The van der Waals surface area contributed by atoms with Gasteiger partial charge in [0.15, 0.2) is 11.6 Å². The number of fused-ring (bicyclic) bond motifs is 1. The molecule has 1 heterocycles. The number of phenolic OH excluding ortho intramolecular Hbond substituents is 2. The van der Waals surface area contributed by atoms with Gasteiger partial charge in [-0.1, -0.05) is 24.3 Å². The van der Waals surface area contributed by atoms with Crippen molar-refractivity contribution in [3.05, 3.63) is 72.3 Å². The number of rotatable bonds is 3. The number of hydrogen-bond acceptors (Lipinski definition) is 6. The third kappa shape index (κ3) is 4.35. The van der Waals surface area contributed by atoms with Crippen LogP contribution in [0.5, 0.6) is 11.5 Å². The second kappa shape index (κ2) is 8.62. The maximum absolute atomic E-state index is 12.6. The Labute approximate surface area is 178 Å². The number of phenols is 2. The highest BCUT2D eigenvalue weighted by atomic mass is 16.3. The zero-order chi connectivity index (χ0) is 22.7. The van der Waals surface area contributed by atoms with E-state index in [1.54, 1.807) is 42.5 Å². The Morgan fingerprint density at radius 1 is 0.742 bits per heavy atom. The molecular weight excluding hydrogens is 398 g/mol. The van der Waals surface area contributed by atoms with E-state index in [0.29, 0.717) is 22.5 Å². The van der Waals surface area contributed by atoms with Gasteiger partial charge < -0.3 is 10.2 Å². The number of benzene rings is 3. The van der Waals surface area contributed by atoms with Gasteiger partial charge in [0.1, 0.15) is 11.5 Å². The third-order valence-corrected chi connectivity index (χ3v) is 4.69. The van der Waals surface area contributed by atoms with E-state index in [-0.39, 0.29) is 23.1 Å². The number of hydrogen-bond donors (Lipinski definition) is 2. The zero-order valence-corrected chi connectivity index (χ0v) is 16.8. The molecular formula is C24H19NO6. The predicted octanol–water partition coefficient (Wildman–Crippen LogP) is 3.79. The molecule has 156 valence electrons. The number of nitrogens with zero attached hydrogens (tertiary/aromatic N) is 1. The number of ketones is 3. The monoisotopic (exact) mass is 417 g/mol. The van der Waals surface area contributed by atoms with Crippen LogP contribution in [0.15, 0.2) is 66.7 Å². The number of carbonyl (C=O) groups is 4. The van der Waals surface area contributed by atoms with Gasteiger partial charge >= 0.3 is 5.91 Å². The van der Waals surface area contributed by atoms with E-state index >= 15 is 0 Å². The molecule has 0 radical (unpaired) electrons. The van der Waals surface area contributed by atoms with E-state index < -0.39 is 11.7 Å². The highest BCUT2D eigenvalue weighted by molar-refractivity contribution is 6.54. The highest BCUT2D eigenvalue weighted by Gasteiger charge is 2.38. The third-order valence-electron chi connectivity index (χ3n) is 4.69. The van der Waals surface area contributed by atoms with Gasteiger partial charge in [0.05, 0.1) is 11.3 Å². The van der Waals surface area contributed by atoms with Gasteiger partial charge in [0, 0.05) is 19.5 Å². The number of aromatic hydroxyl groups is 2. The first kappa shape index (κ1) is 21.4. The normalized spacial score (nSPS) is 12.1. The van der Waals surface area contributed by atoms with Gasteiger partial charge in [-0.05, 0) is 53.6 Å². The molecule has 31 heavy (non-hydrogen) atoms. The zero-order valence-electron chi connectivity index (χ0n) is 16.8. The van der Waals surface area contributed by atoms with Crippen molar-refractivity contribution in [3.8, 4) is 22.6 Å². The fraction of sp³-hybridized carbons (Fsp3) is 0.0833. The van der Waals surface area contributed by atoms with E-state index in [0.717, 1.165) is 5.56 Å². The molecule has 3 aromatic carbocycles. The first-order chi connectivity index (χ1) is 14.7. The van der Waals surface area contributed by atoms with E-state index in [9.17, 15) is 29.4 Å². The standard InChI is InChI=1S/C20H13NO4.C4H6O2/c22-14-8-4-12(5-9-14)16-2-1-3-17-18(16)19(24)20(25)21(17)13-6-10-15(23)11-7-13;1-3(5)4(2)6/h1-11,22-23H;1-2H3. The lowest BCUT2D eigenvalue weighted by molar-refractivity contribution is -0.134. The van der Waals surface area contributed by atoms with E-state index in [4.69, 9.17) is 0 Å². The van der Waals surface area contributed by atoms with E-state index in [1.807, 2.05) is 0 Å². The molecule has 4 rings (SSSR count). The Morgan fingerprint density at radius 2 is 1.26 bits per heavy atom. The minimum Gasteiger partial charge on any atom is -0.508 e. The first-order valence-electron chi connectivity index (χ1n) is 9.32. The maximum atomic E-state index is 12.6. The molecule has 2 N–H and O–H groups in total. The summed E-state index contributed by atoms with van der Waals surface area (Å²) in [4.78, 5) is 46.1. The van der Waals surface area contributed by atoms with Crippen molar-refractivity contribution >= 4 is 34.6 Å². The molecule has 1 amide bonds. The summed E-state index contributed by atoms with van der Waals surface area (Å²) in [6.07, 6.45) is 0. The summed E-state index contributed by atoms with van der Waals surface area (Å²) in [5.74, 6) is -1.76. The fourth-order valence-electron chi connectivity index (χ4n) is 3.02. The van der Waals surface area contributed by atoms with Crippen molar-refractivity contribution in [2.75, 3.05) is 4.90 Å². The molecule has 3 aromatic rings. The summed E-state index contributed by atoms with van der Waals surface area (Å²) in [5, 5.41) is 18.9. The smallest absolute Gasteiger partial charge is 0.304 e. The summed E-state index contributed by atoms with van der Waals surface area (Å²) < 4.78 is 0. The minimum absolute atomic E-state index is 0.0831. The van der Waals surface area contributed by atoms with Crippen LogP contribution in [-0.4, -0.2) is 33.5 Å². The lowest BCUT2D eigenvalue weighted by atomic mass is 9.97. The van der Waals surface area contributed by atoms with Crippen molar-refractivity contribution in [3.63, 3.8) is 0 Å². The largest absolute Gasteiger partial charge is 0.508 e. The van der Waals surface area contributed by atoms with Gasteiger partial charge in [0.2, 0.25) is 0 Å². The molecule has 0 aromatic heterocycles. The Kier molecular flexibility index (Phi) is 5.97. The van der Waals surface area contributed by atoms with Crippen LogP contribution in [0, 0.1) is 0 Å². The molecule has 0 unspecified atom stereocenters. The van der Waals surface area contributed by atoms with Crippen molar-refractivity contribution in [1.29, 1.82) is 0 Å². The van der Waals surface area contributed by atoms with E-state index in [2.05, 4.69) is 0 Å². The van der Waals surface area contributed by atoms with Gasteiger partial charge in [-0.25, -0.2) is 0 Å². The summed E-state index contributed by atoms with van der Waals surface area (Å²) in [6, 6.07) is 17.8. The van der Waals surface area contributed by atoms with Crippen molar-refractivity contribution in [1.82, 2.24) is 0 Å². The molecule has 0 aliphatic carbocycles. The summed E-state index contributed by atoms with van der Waals surface area (Å²) in [6.45, 7) is 2.50. The van der Waals surface area contributed by atoms with Crippen molar-refractivity contribution in [2.45, 2.75) is 13.8 Å².